The van der Waals surface area contributed by atoms with Crippen LogP contribution < -0.4 is 4.74 Å². The van der Waals surface area contributed by atoms with Crippen molar-refractivity contribution in [1.29, 1.82) is 0 Å². The number of hydrogen-bond acceptors (Lipinski definition) is 3. The average Bonchev–Trinajstić information content (AvgIpc) is 3.12. The molecule has 0 bridgehead atoms. The van der Waals surface area contributed by atoms with Gasteiger partial charge in [-0.05, 0) is 24.3 Å². The zero-order chi connectivity index (χ0) is 19.5. The van der Waals surface area contributed by atoms with Gasteiger partial charge in [-0.25, -0.2) is 0 Å². The van der Waals surface area contributed by atoms with Gasteiger partial charge in [-0.3, -0.25) is 9.48 Å². The molecule has 1 aliphatic rings. The maximum Gasteiger partial charge on any atom is 0.257 e. The largest absolute Gasteiger partial charge is 0.490 e. The van der Waals surface area contributed by atoms with Crippen molar-refractivity contribution in [3.8, 4) is 17.0 Å². The fraction of sp³-hybridized carbons (Fsp3) is 0.273. The van der Waals surface area contributed by atoms with Crippen molar-refractivity contribution in [3.05, 3.63) is 71.4 Å². The van der Waals surface area contributed by atoms with E-state index in [-0.39, 0.29) is 12.0 Å². The van der Waals surface area contributed by atoms with E-state index in [1.165, 1.54) is 0 Å². The molecule has 1 aliphatic heterocycles. The number of aryl methyl sites for hydroxylation is 1. The Balaban J connectivity index is 1.43. The van der Waals surface area contributed by atoms with E-state index in [2.05, 4.69) is 5.10 Å². The Morgan fingerprint density at radius 2 is 1.75 bits per heavy atom. The van der Waals surface area contributed by atoms with Crippen LogP contribution in [-0.4, -0.2) is 39.8 Å². The first kappa shape index (κ1) is 18.6. The van der Waals surface area contributed by atoms with Gasteiger partial charge in [0, 0.05) is 49.8 Å². The molecule has 0 N–H and O–H groups in total. The molecule has 28 heavy (non-hydrogen) atoms. The van der Waals surface area contributed by atoms with E-state index < -0.39 is 0 Å². The van der Waals surface area contributed by atoms with Crippen LogP contribution in [0.4, 0.5) is 0 Å². The zero-order valence-corrected chi connectivity index (χ0v) is 16.5. The smallest absolute Gasteiger partial charge is 0.257 e. The Bertz CT molecular complexity index is 946. The second kappa shape index (κ2) is 8.07. The maximum atomic E-state index is 13.1. The van der Waals surface area contributed by atoms with Crippen LogP contribution in [0.5, 0.6) is 5.75 Å². The highest BCUT2D eigenvalue weighted by molar-refractivity contribution is 6.30. The lowest BCUT2D eigenvalue weighted by atomic mass is 10.0. The number of halogens is 1. The van der Waals surface area contributed by atoms with E-state index in [0.717, 1.165) is 29.8 Å². The van der Waals surface area contributed by atoms with E-state index in [4.69, 9.17) is 16.3 Å². The number of nitrogens with zero attached hydrogens (tertiary/aromatic N) is 3. The van der Waals surface area contributed by atoms with Crippen molar-refractivity contribution in [2.75, 3.05) is 13.1 Å². The number of rotatable bonds is 4. The predicted octanol–water partition coefficient (Wildman–Crippen LogP) is 4.42. The molecule has 5 nitrogen and oxygen atoms in total. The minimum Gasteiger partial charge on any atom is -0.490 e. The zero-order valence-electron chi connectivity index (χ0n) is 15.7. The van der Waals surface area contributed by atoms with Crippen molar-refractivity contribution in [1.82, 2.24) is 14.7 Å². The second-order valence-corrected chi connectivity index (χ2v) is 7.43. The predicted molar refractivity (Wildman–Crippen MR) is 110 cm³/mol. The highest BCUT2D eigenvalue weighted by Crippen LogP contribution is 2.25. The van der Waals surface area contributed by atoms with Crippen molar-refractivity contribution in [2.45, 2.75) is 18.9 Å². The fourth-order valence-corrected chi connectivity index (χ4v) is 3.63. The van der Waals surface area contributed by atoms with Crippen LogP contribution in [0.1, 0.15) is 23.2 Å². The molecule has 1 fully saturated rings. The summed E-state index contributed by atoms with van der Waals surface area (Å²) in [7, 11) is 1.84. The first-order valence-electron chi connectivity index (χ1n) is 9.41. The minimum atomic E-state index is 0.0249. The molecular weight excluding hydrogens is 374 g/mol. The van der Waals surface area contributed by atoms with Crippen LogP contribution in [0.3, 0.4) is 0 Å². The third-order valence-corrected chi connectivity index (χ3v) is 5.20. The Labute approximate surface area is 169 Å². The molecule has 2 aromatic carbocycles. The number of benzene rings is 2. The third kappa shape index (κ3) is 4.04. The number of aromatic nitrogens is 2. The monoisotopic (exact) mass is 395 g/mol. The van der Waals surface area contributed by atoms with Crippen LogP contribution in [0.15, 0.2) is 60.8 Å². The molecule has 4 rings (SSSR count). The van der Waals surface area contributed by atoms with E-state index in [9.17, 15) is 4.79 Å². The molecule has 2 heterocycles. The SMILES string of the molecule is Cn1cc(C(=O)N2CCC(Oc3ccc(Cl)cc3)CC2)c(-c2ccccc2)n1. The van der Waals surface area contributed by atoms with E-state index >= 15 is 0 Å². The van der Waals surface area contributed by atoms with Gasteiger partial charge in [0.1, 0.15) is 17.5 Å². The standard InChI is InChI=1S/C22H22ClN3O2/c1-25-15-20(21(24-25)16-5-3-2-4-6-16)22(27)26-13-11-19(12-14-26)28-18-9-7-17(23)8-10-18/h2-10,15,19H,11-14H2,1H3. The summed E-state index contributed by atoms with van der Waals surface area (Å²) in [5, 5.41) is 5.20. The van der Waals surface area contributed by atoms with Gasteiger partial charge in [-0.2, -0.15) is 5.10 Å². The first-order valence-corrected chi connectivity index (χ1v) is 9.78. The molecule has 1 aromatic heterocycles. The number of carbonyl (C=O) groups excluding carboxylic acids is 1. The summed E-state index contributed by atoms with van der Waals surface area (Å²) in [5.74, 6) is 0.838. The molecule has 3 aromatic rings. The van der Waals surface area contributed by atoms with Crippen LogP contribution in [0, 0.1) is 0 Å². The number of likely N-dealkylation sites (tertiary alicyclic amines) is 1. The van der Waals surface area contributed by atoms with Crippen molar-refractivity contribution in [3.63, 3.8) is 0 Å². The quantitative estimate of drug-likeness (QED) is 0.656. The van der Waals surface area contributed by atoms with E-state index in [1.807, 2.05) is 66.5 Å². The van der Waals surface area contributed by atoms with Gasteiger partial charge in [-0.1, -0.05) is 41.9 Å². The number of ether oxygens (including phenoxy) is 1. The van der Waals surface area contributed by atoms with E-state index in [1.54, 1.807) is 10.9 Å². The highest BCUT2D eigenvalue weighted by Gasteiger charge is 2.27. The van der Waals surface area contributed by atoms with Gasteiger partial charge < -0.3 is 9.64 Å². The highest BCUT2D eigenvalue weighted by atomic mass is 35.5. The first-order chi connectivity index (χ1) is 13.6. The summed E-state index contributed by atoms with van der Waals surface area (Å²) in [4.78, 5) is 15.0. The molecule has 0 aliphatic carbocycles. The Kier molecular flexibility index (Phi) is 5.35. The number of hydrogen-bond donors (Lipinski definition) is 0. The molecule has 6 heteroatoms. The normalized spacial score (nSPS) is 14.9. The number of amides is 1. The van der Waals surface area contributed by atoms with Crippen LogP contribution in [0.2, 0.25) is 5.02 Å². The van der Waals surface area contributed by atoms with Gasteiger partial charge >= 0.3 is 0 Å². The summed E-state index contributed by atoms with van der Waals surface area (Å²) in [5.41, 5.74) is 2.32. The van der Waals surface area contributed by atoms with Crippen molar-refractivity contribution >= 4 is 17.5 Å². The summed E-state index contributed by atoms with van der Waals surface area (Å²) in [6.45, 7) is 1.33. The van der Waals surface area contributed by atoms with Crippen molar-refractivity contribution in [2.24, 2.45) is 7.05 Å². The molecule has 0 saturated carbocycles. The van der Waals surface area contributed by atoms with E-state index in [0.29, 0.717) is 23.7 Å². The third-order valence-electron chi connectivity index (χ3n) is 4.95. The Morgan fingerprint density at radius 1 is 1.07 bits per heavy atom. The van der Waals surface area contributed by atoms with Crippen LogP contribution in [0.25, 0.3) is 11.3 Å². The lowest BCUT2D eigenvalue weighted by Gasteiger charge is -2.32. The summed E-state index contributed by atoms with van der Waals surface area (Å²) in [6, 6.07) is 17.2. The average molecular weight is 396 g/mol. The van der Waals surface area contributed by atoms with Crippen molar-refractivity contribution < 1.29 is 9.53 Å². The minimum absolute atomic E-state index is 0.0249. The number of carbonyl (C=O) groups is 1. The molecule has 0 spiro atoms. The molecule has 0 unspecified atom stereocenters. The molecule has 1 saturated heterocycles. The van der Waals surface area contributed by atoms with Crippen LogP contribution >= 0.6 is 11.6 Å². The lowest BCUT2D eigenvalue weighted by molar-refractivity contribution is 0.0596. The summed E-state index contributed by atoms with van der Waals surface area (Å²) in [6.07, 6.45) is 3.51. The number of piperidine rings is 1. The second-order valence-electron chi connectivity index (χ2n) is 6.99. The topological polar surface area (TPSA) is 47.4 Å². The molecule has 0 atom stereocenters. The molecule has 1 amide bonds. The lowest BCUT2D eigenvalue weighted by Crippen LogP contribution is -2.41. The molecule has 0 radical (unpaired) electrons. The Hall–Kier alpha value is -2.79. The van der Waals surface area contributed by atoms with Crippen LogP contribution in [-0.2, 0) is 7.05 Å². The van der Waals surface area contributed by atoms with Gasteiger partial charge in [0.15, 0.2) is 0 Å². The van der Waals surface area contributed by atoms with Gasteiger partial charge in [0.05, 0.1) is 5.56 Å². The maximum absolute atomic E-state index is 13.1. The summed E-state index contributed by atoms with van der Waals surface area (Å²) >= 11 is 5.92. The molecular formula is C22H22ClN3O2. The fourth-order valence-electron chi connectivity index (χ4n) is 3.51. The van der Waals surface area contributed by atoms with Gasteiger partial charge in [-0.15, -0.1) is 0 Å². The van der Waals surface area contributed by atoms with Gasteiger partial charge in [0.2, 0.25) is 0 Å². The Morgan fingerprint density at radius 3 is 2.43 bits per heavy atom. The summed E-state index contributed by atoms with van der Waals surface area (Å²) < 4.78 is 7.73. The molecule has 144 valence electrons. The van der Waals surface area contributed by atoms with Gasteiger partial charge in [0.25, 0.3) is 5.91 Å².